The lowest BCUT2D eigenvalue weighted by Crippen LogP contribution is -2.41. The first-order chi connectivity index (χ1) is 13.3. The molecule has 3 amide bonds. The molecule has 28 heavy (non-hydrogen) atoms. The minimum absolute atomic E-state index is 0.0247. The van der Waals surface area contributed by atoms with Gasteiger partial charge in [-0.3, -0.25) is 19.2 Å². The molecule has 0 radical (unpaired) electrons. The summed E-state index contributed by atoms with van der Waals surface area (Å²) in [7, 11) is 0. The average Bonchev–Trinajstić information content (AvgIpc) is 3.05. The van der Waals surface area contributed by atoms with Gasteiger partial charge in [0.2, 0.25) is 11.8 Å². The first-order valence-electron chi connectivity index (χ1n) is 9.35. The highest BCUT2D eigenvalue weighted by atomic mass is 16.5. The second-order valence-electron chi connectivity index (χ2n) is 7.14. The van der Waals surface area contributed by atoms with Crippen LogP contribution in [0.2, 0.25) is 0 Å². The van der Waals surface area contributed by atoms with E-state index in [1.807, 2.05) is 51.1 Å². The van der Waals surface area contributed by atoms with Crippen molar-refractivity contribution in [3.63, 3.8) is 0 Å². The molecule has 0 aliphatic carbocycles. The summed E-state index contributed by atoms with van der Waals surface area (Å²) < 4.78 is 5.02. The lowest BCUT2D eigenvalue weighted by molar-refractivity contribution is -0.152. The molecule has 1 aliphatic heterocycles. The Balaban J connectivity index is 1.78. The van der Waals surface area contributed by atoms with Gasteiger partial charge in [-0.15, -0.1) is 0 Å². The maximum atomic E-state index is 12.3. The third-order valence-corrected chi connectivity index (χ3v) is 4.48. The van der Waals surface area contributed by atoms with Crippen LogP contribution >= 0.6 is 0 Å². The van der Waals surface area contributed by atoms with Crippen LogP contribution in [0.5, 0.6) is 0 Å². The molecule has 1 saturated heterocycles. The van der Waals surface area contributed by atoms with Gasteiger partial charge < -0.3 is 20.3 Å². The average molecular weight is 389 g/mol. The van der Waals surface area contributed by atoms with Crippen molar-refractivity contribution in [2.24, 2.45) is 5.92 Å². The van der Waals surface area contributed by atoms with Crippen LogP contribution in [0.4, 0.5) is 0 Å². The zero-order valence-corrected chi connectivity index (χ0v) is 16.4. The van der Waals surface area contributed by atoms with Crippen LogP contribution in [-0.2, 0) is 23.9 Å². The predicted octanol–water partition coefficient (Wildman–Crippen LogP) is 0.780. The summed E-state index contributed by atoms with van der Waals surface area (Å²) in [6.07, 6.45) is 0.0639. The molecule has 0 aromatic heterocycles. The molecule has 2 atom stereocenters. The van der Waals surface area contributed by atoms with Crippen LogP contribution in [0, 0.1) is 5.92 Å². The van der Waals surface area contributed by atoms with E-state index < -0.39 is 24.4 Å². The van der Waals surface area contributed by atoms with Gasteiger partial charge in [0.05, 0.1) is 18.5 Å². The van der Waals surface area contributed by atoms with Crippen molar-refractivity contribution in [1.29, 1.82) is 0 Å². The largest absolute Gasteiger partial charge is 0.455 e. The van der Waals surface area contributed by atoms with Gasteiger partial charge in [0.15, 0.2) is 6.61 Å². The highest BCUT2D eigenvalue weighted by Crippen LogP contribution is 2.28. The predicted molar refractivity (Wildman–Crippen MR) is 102 cm³/mol. The smallest absolute Gasteiger partial charge is 0.311 e. The van der Waals surface area contributed by atoms with Gasteiger partial charge in [-0.2, -0.15) is 0 Å². The lowest BCUT2D eigenvalue weighted by Gasteiger charge is -2.25. The third-order valence-electron chi connectivity index (χ3n) is 4.48. The Kier molecular flexibility index (Phi) is 7.54. The maximum absolute atomic E-state index is 12.3. The quantitative estimate of drug-likeness (QED) is 0.640. The molecule has 1 heterocycles. The number of hydrogen-bond donors (Lipinski definition) is 2. The van der Waals surface area contributed by atoms with E-state index >= 15 is 0 Å². The first kappa shape index (κ1) is 21.4. The molecular formula is C20H27N3O5. The van der Waals surface area contributed by atoms with Crippen LogP contribution in [0.1, 0.15) is 38.8 Å². The first-order valence-corrected chi connectivity index (χ1v) is 9.35. The number of benzene rings is 1. The van der Waals surface area contributed by atoms with Crippen molar-refractivity contribution < 1.29 is 23.9 Å². The molecule has 0 saturated carbocycles. The molecular weight excluding hydrogens is 362 g/mol. The van der Waals surface area contributed by atoms with Gasteiger partial charge in [-0.05, 0) is 26.3 Å². The topological polar surface area (TPSA) is 105 Å². The summed E-state index contributed by atoms with van der Waals surface area (Å²) in [4.78, 5) is 49.4. The van der Waals surface area contributed by atoms with Crippen molar-refractivity contribution in [2.75, 3.05) is 19.7 Å². The number of hydrogen-bond acceptors (Lipinski definition) is 5. The van der Waals surface area contributed by atoms with E-state index in [-0.39, 0.29) is 43.4 Å². The second-order valence-corrected chi connectivity index (χ2v) is 7.14. The fourth-order valence-corrected chi connectivity index (χ4v) is 3.03. The number of carbonyl (C=O) groups is 4. The van der Waals surface area contributed by atoms with E-state index in [0.717, 1.165) is 5.56 Å². The Morgan fingerprint density at radius 2 is 1.82 bits per heavy atom. The van der Waals surface area contributed by atoms with Crippen molar-refractivity contribution >= 4 is 23.7 Å². The highest BCUT2D eigenvalue weighted by Gasteiger charge is 2.38. The molecule has 1 aliphatic rings. The van der Waals surface area contributed by atoms with Gasteiger partial charge in [0, 0.05) is 19.0 Å². The molecule has 8 nitrogen and oxygen atoms in total. The molecule has 1 aromatic rings. The second kappa shape index (κ2) is 9.87. The molecule has 0 bridgehead atoms. The Morgan fingerprint density at radius 1 is 1.14 bits per heavy atom. The van der Waals surface area contributed by atoms with E-state index in [0.29, 0.717) is 0 Å². The van der Waals surface area contributed by atoms with Gasteiger partial charge in [-0.1, -0.05) is 30.3 Å². The normalized spacial score (nSPS) is 17.4. The van der Waals surface area contributed by atoms with Crippen LogP contribution in [-0.4, -0.2) is 54.3 Å². The lowest BCUT2D eigenvalue weighted by atomic mass is 10.1. The number of nitrogens with one attached hydrogen (secondary N) is 2. The fraction of sp³-hybridized carbons (Fsp3) is 0.500. The third kappa shape index (κ3) is 6.07. The highest BCUT2D eigenvalue weighted by molar-refractivity contribution is 5.89. The van der Waals surface area contributed by atoms with E-state index in [4.69, 9.17) is 4.74 Å². The molecule has 1 aromatic carbocycles. The Labute approximate surface area is 164 Å². The molecule has 0 spiro atoms. The van der Waals surface area contributed by atoms with Crippen LogP contribution < -0.4 is 10.6 Å². The summed E-state index contributed by atoms with van der Waals surface area (Å²) in [6.45, 7) is 5.13. The number of rotatable bonds is 8. The van der Waals surface area contributed by atoms with Gasteiger partial charge in [0.25, 0.3) is 5.91 Å². The fourth-order valence-electron chi connectivity index (χ4n) is 3.03. The zero-order chi connectivity index (χ0) is 20.7. The molecule has 0 unspecified atom stereocenters. The maximum Gasteiger partial charge on any atom is 0.311 e. The zero-order valence-electron chi connectivity index (χ0n) is 16.4. The summed E-state index contributed by atoms with van der Waals surface area (Å²) in [5, 5.41) is 5.02. The van der Waals surface area contributed by atoms with Crippen molar-refractivity contribution in [3.8, 4) is 0 Å². The van der Waals surface area contributed by atoms with Gasteiger partial charge in [-0.25, -0.2) is 0 Å². The Hall–Kier alpha value is -2.90. The monoisotopic (exact) mass is 389 g/mol. The van der Waals surface area contributed by atoms with Crippen LogP contribution in [0.15, 0.2) is 30.3 Å². The van der Waals surface area contributed by atoms with E-state index in [1.165, 1.54) is 0 Å². The summed E-state index contributed by atoms with van der Waals surface area (Å²) in [5.41, 5.74) is 0.990. The minimum Gasteiger partial charge on any atom is -0.455 e. The number of ether oxygens (including phenoxy) is 1. The Bertz CT molecular complexity index is 720. The molecule has 2 N–H and O–H groups in total. The molecule has 8 heteroatoms. The summed E-state index contributed by atoms with van der Waals surface area (Å²) in [6, 6.07) is 9.40. The van der Waals surface area contributed by atoms with E-state index in [1.54, 1.807) is 4.90 Å². The molecule has 1 fully saturated rings. The van der Waals surface area contributed by atoms with E-state index in [9.17, 15) is 19.2 Å². The number of carbonyl (C=O) groups excluding carboxylic acids is 4. The standard InChI is InChI=1S/C20H27N3O5/c1-13(2)22-17(24)10-21-18(25)12-28-20(27)16-9-19(26)23(11-16)14(3)15-7-5-4-6-8-15/h4-8,13-14,16H,9-12H2,1-3H3,(H,21,25)(H,22,24)/t14-,16+/m0/s1. The minimum atomic E-state index is -0.601. The number of nitrogens with zero attached hydrogens (tertiary/aromatic N) is 1. The Morgan fingerprint density at radius 3 is 2.46 bits per heavy atom. The number of amides is 3. The van der Waals surface area contributed by atoms with Crippen LogP contribution in [0.25, 0.3) is 0 Å². The van der Waals surface area contributed by atoms with E-state index in [2.05, 4.69) is 10.6 Å². The van der Waals surface area contributed by atoms with Gasteiger partial charge >= 0.3 is 5.97 Å². The van der Waals surface area contributed by atoms with Crippen LogP contribution in [0.3, 0.4) is 0 Å². The summed E-state index contributed by atoms with van der Waals surface area (Å²) >= 11 is 0. The molecule has 2 rings (SSSR count). The number of likely N-dealkylation sites (tertiary alicyclic amines) is 1. The van der Waals surface area contributed by atoms with Crippen molar-refractivity contribution in [3.05, 3.63) is 35.9 Å². The van der Waals surface area contributed by atoms with Gasteiger partial charge in [0.1, 0.15) is 0 Å². The molecule has 152 valence electrons. The summed E-state index contributed by atoms with van der Waals surface area (Å²) in [5.74, 6) is -2.19. The SMILES string of the molecule is CC(C)NC(=O)CNC(=O)COC(=O)[C@@H]1CC(=O)N([C@@H](C)c2ccccc2)C1. The number of esters is 1. The van der Waals surface area contributed by atoms with Crippen molar-refractivity contribution in [1.82, 2.24) is 15.5 Å². The van der Waals surface area contributed by atoms with Crippen molar-refractivity contribution in [2.45, 2.75) is 39.3 Å².